The minimum Gasteiger partial charge on any atom is -0.342 e. The van der Waals surface area contributed by atoms with Gasteiger partial charge in [0.1, 0.15) is 0 Å². The molecule has 0 aromatic carbocycles. The molecule has 1 aliphatic heterocycles. The maximum atomic E-state index is 12.3. The van der Waals surface area contributed by atoms with Crippen LogP contribution in [-0.4, -0.2) is 30.4 Å². The molecule has 0 spiro atoms. The molecule has 1 aromatic heterocycles. The van der Waals surface area contributed by atoms with Crippen molar-refractivity contribution in [1.29, 1.82) is 0 Å². The summed E-state index contributed by atoms with van der Waals surface area (Å²) in [6.07, 6.45) is 7.08. The van der Waals surface area contributed by atoms with Crippen LogP contribution < -0.4 is 5.32 Å². The van der Waals surface area contributed by atoms with Crippen molar-refractivity contribution in [2.45, 2.75) is 51.5 Å². The molecule has 4 heteroatoms. The van der Waals surface area contributed by atoms with E-state index < -0.39 is 0 Å². The number of hydrogen-bond donors (Lipinski definition) is 1. The van der Waals surface area contributed by atoms with Crippen LogP contribution in [0.1, 0.15) is 56.4 Å². The van der Waals surface area contributed by atoms with Crippen LogP contribution in [0, 0.1) is 0 Å². The Morgan fingerprint density at radius 1 is 1.35 bits per heavy atom. The van der Waals surface area contributed by atoms with Crippen LogP contribution in [0.25, 0.3) is 0 Å². The quantitative estimate of drug-likeness (QED) is 0.869. The number of nitrogens with zero attached hydrogens (tertiary/aromatic N) is 1. The van der Waals surface area contributed by atoms with Gasteiger partial charge >= 0.3 is 0 Å². The lowest BCUT2D eigenvalue weighted by Crippen LogP contribution is -2.39. The fourth-order valence-corrected chi connectivity index (χ4v) is 3.60. The average Bonchev–Trinajstić information content (AvgIpc) is 2.85. The molecule has 1 fully saturated rings. The molecule has 0 aliphatic carbocycles. The number of carbonyl (C=O) groups excluding carboxylic acids is 1. The summed E-state index contributed by atoms with van der Waals surface area (Å²) < 4.78 is 0. The van der Waals surface area contributed by atoms with Crippen LogP contribution in [0.2, 0.25) is 0 Å². The van der Waals surface area contributed by atoms with Crippen LogP contribution >= 0.6 is 11.3 Å². The number of thiophene rings is 1. The Kier molecular flexibility index (Phi) is 6.54. The second-order valence-electron chi connectivity index (χ2n) is 5.53. The Morgan fingerprint density at radius 2 is 2.10 bits per heavy atom. The summed E-state index contributed by atoms with van der Waals surface area (Å²) in [6.45, 7) is 4.55. The van der Waals surface area contributed by atoms with E-state index in [1.807, 2.05) is 4.90 Å². The maximum absolute atomic E-state index is 12.3. The van der Waals surface area contributed by atoms with Gasteiger partial charge in [-0.05, 0) is 30.7 Å². The Hall–Kier alpha value is -0.870. The Morgan fingerprint density at radius 3 is 2.70 bits per heavy atom. The topological polar surface area (TPSA) is 32.3 Å². The van der Waals surface area contributed by atoms with E-state index in [1.54, 1.807) is 11.3 Å². The zero-order valence-electron chi connectivity index (χ0n) is 12.4. The van der Waals surface area contributed by atoms with Crippen molar-refractivity contribution in [3.8, 4) is 0 Å². The van der Waals surface area contributed by atoms with Gasteiger partial charge in [0.05, 0.1) is 6.54 Å². The first-order valence-corrected chi connectivity index (χ1v) is 8.73. The normalized spacial score (nSPS) is 17.8. The summed E-state index contributed by atoms with van der Waals surface area (Å²) in [4.78, 5) is 15.7. The average molecular weight is 294 g/mol. The van der Waals surface area contributed by atoms with Gasteiger partial charge in [0, 0.05) is 24.0 Å². The third-order valence-corrected chi connectivity index (χ3v) is 4.91. The van der Waals surface area contributed by atoms with E-state index >= 15 is 0 Å². The van der Waals surface area contributed by atoms with Crippen molar-refractivity contribution in [1.82, 2.24) is 10.2 Å². The highest BCUT2D eigenvalue weighted by Crippen LogP contribution is 2.23. The molecule has 1 aliphatic rings. The first-order chi connectivity index (χ1) is 9.81. The van der Waals surface area contributed by atoms with Gasteiger partial charge in [0.15, 0.2) is 0 Å². The predicted octanol–water partition coefficient (Wildman–Crippen LogP) is 3.58. The lowest BCUT2D eigenvalue weighted by molar-refractivity contribution is -0.130. The molecule has 2 rings (SSSR count). The Labute approximate surface area is 126 Å². The molecule has 0 bridgehead atoms. The van der Waals surface area contributed by atoms with E-state index in [1.165, 1.54) is 17.7 Å². The van der Waals surface area contributed by atoms with Gasteiger partial charge < -0.3 is 10.2 Å². The van der Waals surface area contributed by atoms with Gasteiger partial charge in [-0.25, -0.2) is 0 Å². The fraction of sp³-hybridized carbons (Fsp3) is 0.688. The van der Waals surface area contributed by atoms with E-state index in [0.29, 0.717) is 12.6 Å². The van der Waals surface area contributed by atoms with Crippen LogP contribution in [0.4, 0.5) is 0 Å². The summed E-state index contributed by atoms with van der Waals surface area (Å²) in [6, 6.07) is 4.57. The number of carbonyl (C=O) groups is 1. The van der Waals surface area contributed by atoms with E-state index in [0.717, 1.165) is 38.8 Å². The Bertz CT molecular complexity index is 383. The standard InChI is InChI=1S/C16H26N2OS/c1-2-8-14(15-9-7-12-20-15)17-13-16(19)18-10-5-3-4-6-11-18/h7,9,12,14,17H,2-6,8,10-11,13H2,1H3. The molecule has 2 heterocycles. The lowest BCUT2D eigenvalue weighted by atomic mass is 10.1. The SMILES string of the molecule is CCCC(NCC(=O)N1CCCCCC1)c1cccs1. The van der Waals surface area contributed by atoms with E-state index in [4.69, 9.17) is 0 Å². The summed E-state index contributed by atoms with van der Waals surface area (Å²) in [5, 5.41) is 5.57. The number of nitrogens with one attached hydrogen (secondary N) is 1. The molecule has 20 heavy (non-hydrogen) atoms. The Balaban J connectivity index is 1.83. The van der Waals surface area contributed by atoms with Crippen LogP contribution in [0.5, 0.6) is 0 Å². The highest BCUT2D eigenvalue weighted by atomic mass is 32.1. The number of hydrogen-bond acceptors (Lipinski definition) is 3. The monoisotopic (exact) mass is 294 g/mol. The van der Waals surface area contributed by atoms with Crippen molar-refractivity contribution in [3.63, 3.8) is 0 Å². The van der Waals surface area contributed by atoms with Gasteiger partial charge in [0.2, 0.25) is 5.91 Å². The third-order valence-electron chi connectivity index (χ3n) is 3.92. The van der Waals surface area contributed by atoms with E-state index in [-0.39, 0.29) is 5.91 Å². The smallest absolute Gasteiger partial charge is 0.236 e. The first kappa shape index (κ1) is 15.5. The van der Waals surface area contributed by atoms with Crippen molar-refractivity contribution in [2.75, 3.05) is 19.6 Å². The van der Waals surface area contributed by atoms with Crippen LogP contribution in [0.3, 0.4) is 0 Å². The minimum atomic E-state index is 0.268. The number of likely N-dealkylation sites (tertiary alicyclic amines) is 1. The zero-order chi connectivity index (χ0) is 14.2. The molecule has 1 atom stereocenters. The number of rotatable bonds is 6. The second kappa shape index (κ2) is 8.42. The predicted molar refractivity (Wildman–Crippen MR) is 85.0 cm³/mol. The first-order valence-electron chi connectivity index (χ1n) is 7.86. The summed E-state index contributed by atoms with van der Waals surface area (Å²) in [5.74, 6) is 0.268. The highest BCUT2D eigenvalue weighted by Gasteiger charge is 2.17. The molecule has 112 valence electrons. The van der Waals surface area contributed by atoms with E-state index in [2.05, 4.69) is 29.8 Å². The summed E-state index contributed by atoms with van der Waals surface area (Å²) >= 11 is 1.77. The van der Waals surface area contributed by atoms with Gasteiger partial charge in [-0.3, -0.25) is 4.79 Å². The zero-order valence-corrected chi connectivity index (χ0v) is 13.3. The molecular formula is C16H26N2OS. The molecule has 0 radical (unpaired) electrons. The minimum absolute atomic E-state index is 0.268. The molecule has 1 N–H and O–H groups in total. The van der Waals surface area contributed by atoms with E-state index in [9.17, 15) is 4.79 Å². The molecule has 3 nitrogen and oxygen atoms in total. The van der Waals surface area contributed by atoms with Gasteiger partial charge in [-0.1, -0.05) is 32.3 Å². The van der Waals surface area contributed by atoms with Crippen molar-refractivity contribution < 1.29 is 4.79 Å². The fourth-order valence-electron chi connectivity index (χ4n) is 2.77. The molecule has 1 amide bonds. The highest BCUT2D eigenvalue weighted by molar-refractivity contribution is 7.10. The summed E-state index contributed by atoms with van der Waals surface area (Å²) in [5.41, 5.74) is 0. The largest absolute Gasteiger partial charge is 0.342 e. The summed E-state index contributed by atoms with van der Waals surface area (Å²) in [7, 11) is 0. The maximum Gasteiger partial charge on any atom is 0.236 e. The van der Waals surface area contributed by atoms with Crippen LogP contribution in [0.15, 0.2) is 17.5 Å². The third kappa shape index (κ3) is 4.60. The van der Waals surface area contributed by atoms with Crippen molar-refractivity contribution in [3.05, 3.63) is 22.4 Å². The molecule has 0 saturated carbocycles. The number of amides is 1. The van der Waals surface area contributed by atoms with Crippen LogP contribution in [-0.2, 0) is 4.79 Å². The lowest BCUT2D eigenvalue weighted by Gasteiger charge is -2.23. The van der Waals surface area contributed by atoms with Crippen molar-refractivity contribution >= 4 is 17.2 Å². The van der Waals surface area contributed by atoms with Gasteiger partial charge in [0.25, 0.3) is 0 Å². The molecule has 1 aromatic rings. The van der Waals surface area contributed by atoms with Crippen molar-refractivity contribution in [2.24, 2.45) is 0 Å². The van der Waals surface area contributed by atoms with Gasteiger partial charge in [-0.2, -0.15) is 0 Å². The molecule has 1 unspecified atom stereocenters. The molecular weight excluding hydrogens is 268 g/mol. The second-order valence-corrected chi connectivity index (χ2v) is 6.51. The van der Waals surface area contributed by atoms with Gasteiger partial charge in [-0.15, -0.1) is 11.3 Å². The molecule has 1 saturated heterocycles.